The van der Waals surface area contributed by atoms with Crippen LogP contribution in [-0.2, 0) is 0 Å². The summed E-state index contributed by atoms with van der Waals surface area (Å²) in [5.74, 6) is -0.489. The first-order chi connectivity index (χ1) is 12.2. The first kappa shape index (κ1) is 21.4. The van der Waals surface area contributed by atoms with Gasteiger partial charge in [0.05, 0.1) is 10.7 Å². The molecular formula is C16H12Cl5N3OS. The first-order valence-corrected chi connectivity index (χ1v) is 9.42. The van der Waals surface area contributed by atoms with Crippen LogP contribution in [0.4, 0.5) is 5.69 Å². The highest BCUT2D eigenvalue weighted by atomic mass is 35.6. The lowest BCUT2D eigenvalue weighted by Gasteiger charge is -2.28. The van der Waals surface area contributed by atoms with Crippen LogP contribution in [0.2, 0.25) is 10.0 Å². The van der Waals surface area contributed by atoms with E-state index in [0.717, 1.165) is 0 Å². The van der Waals surface area contributed by atoms with E-state index >= 15 is 0 Å². The van der Waals surface area contributed by atoms with Crippen LogP contribution in [0.25, 0.3) is 0 Å². The third-order valence-electron chi connectivity index (χ3n) is 3.09. The maximum absolute atomic E-state index is 12.4. The minimum absolute atomic E-state index is 0.112. The van der Waals surface area contributed by atoms with Gasteiger partial charge in [0.2, 0.25) is 3.79 Å². The molecule has 10 heteroatoms. The Bertz CT molecular complexity index is 812. The average Bonchev–Trinajstić information content (AvgIpc) is 2.55. The summed E-state index contributed by atoms with van der Waals surface area (Å²) in [6, 6.07) is 13.3. The Kier molecular flexibility index (Phi) is 7.64. The van der Waals surface area contributed by atoms with E-state index in [1.54, 1.807) is 42.5 Å². The molecule has 0 unspecified atom stereocenters. The Morgan fingerprint density at radius 2 is 1.69 bits per heavy atom. The van der Waals surface area contributed by atoms with Gasteiger partial charge in [-0.05, 0) is 42.5 Å². The van der Waals surface area contributed by atoms with Crippen LogP contribution < -0.4 is 16.0 Å². The number of hydrogen-bond acceptors (Lipinski definition) is 2. The van der Waals surface area contributed by atoms with Gasteiger partial charge in [-0.2, -0.15) is 0 Å². The van der Waals surface area contributed by atoms with Gasteiger partial charge in [0.15, 0.2) is 5.11 Å². The smallest absolute Gasteiger partial charge is 0.253 e. The molecule has 0 bridgehead atoms. The van der Waals surface area contributed by atoms with Gasteiger partial charge in [0.1, 0.15) is 6.17 Å². The summed E-state index contributed by atoms with van der Waals surface area (Å²) in [6.07, 6.45) is -1.11. The van der Waals surface area contributed by atoms with Crippen molar-refractivity contribution >= 4 is 86.9 Å². The van der Waals surface area contributed by atoms with E-state index < -0.39 is 15.9 Å². The number of anilines is 1. The summed E-state index contributed by atoms with van der Waals surface area (Å²) in [7, 11) is 0. The number of hydrogen-bond donors (Lipinski definition) is 3. The number of halogens is 5. The Hall–Kier alpha value is -0.950. The summed E-state index contributed by atoms with van der Waals surface area (Å²) in [5, 5.41) is 9.17. The van der Waals surface area contributed by atoms with E-state index in [4.69, 9.17) is 70.2 Å². The zero-order valence-corrected chi connectivity index (χ0v) is 17.5. The van der Waals surface area contributed by atoms with Gasteiger partial charge in [0.25, 0.3) is 5.91 Å². The molecule has 0 heterocycles. The molecule has 2 rings (SSSR count). The van der Waals surface area contributed by atoms with Crippen molar-refractivity contribution in [1.82, 2.24) is 10.6 Å². The van der Waals surface area contributed by atoms with Crippen LogP contribution >= 0.6 is 70.2 Å². The second-order valence-corrected chi connectivity index (χ2v) is 8.66. The zero-order chi connectivity index (χ0) is 19.3. The molecule has 0 saturated carbocycles. The Morgan fingerprint density at radius 1 is 1.00 bits per heavy atom. The molecule has 26 heavy (non-hydrogen) atoms. The number of rotatable bonds is 4. The van der Waals surface area contributed by atoms with Crippen molar-refractivity contribution in [1.29, 1.82) is 0 Å². The number of carbonyl (C=O) groups excluding carboxylic acids is 1. The maximum atomic E-state index is 12.4. The molecule has 0 radical (unpaired) electrons. The normalized spacial score (nSPS) is 12.2. The number of amides is 1. The number of thiocarbonyl (C=S) groups is 1. The van der Waals surface area contributed by atoms with E-state index in [-0.39, 0.29) is 5.11 Å². The van der Waals surface area contributed by atoms with Gasteiger partial charge in [-0.3, -0.25) is 4.79 Å². The Labute approximate surface area is 181 Å². The summed E-state index contributed by atoms with van der Waals surface area (Å²) in [4.78, 5) is 12.4. The van der Waals surface area contributed by atoms with Gasteiger partial charge in [-0.25, -0.2) is 0 Å². The number of carbonyl (C=O) groups is 1. The van der Waals surface area contributed by atoms with Crippen molar-refractivity contribution in [2.45, 2.75) is 9.96 Å². The molecule has 0 spiro atoms. The number of para-hydroxylation sites is 1. The summed E-state index contributed by atoms with van der Waals surface area (Å²) >= 11 is 35.0. The van der Waals surface area contributed by atoms with E-state index in [0.29, 0.717) is 21.3 Å². The van der Waals surface area contributed by atoms with Crippen molar-refractivity contribution in [3.8, 4) is 0 Å². The van der Waals surface area contributed by atoms with E-state index in [9.17, 15) is 4.79 Å². The Morgan fingerprint density at radius 3 is 2.31 bits per heavy atom. The molecule has 2 aromatic carbocycles. The van der Waals surface area contributed by atoms with Gasteiger partial charge >= 0.3 is 0 Å². The quantitative estimate of drug-likeness (QED) is 0.317. The number of alkyl halides is 3. The monoisotopic (exact) mass is 469 g/mol. The van der Waals surface area contributed by atoms with E-state index in [2.05, 4.69) is 16.0 Å². The van der Waals surface area contributed by atoms with Gasteiger partial charge in [-0.15, -0.1) is 0 Å². The molecule has 138 valence electrons. The fourth-order valence-electron chi connectivity index (χ4n) is 1.90. The molecule has 0 saturated heterocycles. The highest BCUT2D eigenvalue weighted by Gasteiger charge is 2.35. The molecule has 3 N–H and O–H groups in total. The summed E-state index contributed by atoms with van der Waals surface area (Å²) in [6.45, 7) is 0. The van der Waals surface area contributed by atoms with Crippen molar-refractivity contribution < 1.29 is 4.79 Å². The van der Waals surface area contributed by atoms with Gasteiger partial charge in [-0.1, -0.05) is 76.2 Å². The van der Waals surface area contributed by atoms with Gasteiger partial charge in [0, 0.05) is 10.6 Å². The molecule has 0 aliphatic heterocycles. The lowest BCUT2D eigenvalue weighted by Crippen LogP contribution is -2.56. The first-order valence-electron chi connectivity index (χ1n) is 7.12. The fourth-order valence-corrected chi connectivity index (χ4v) is 2.82. The van der Waals surface area contributed by atoms with Crippen LogP contribution in [0.15, 0.2) is 48.5 Å². The van der Waals surface area contributed by atoms with E-state index in [1.165, 1.54) is 6.07 Å². The minimum atomic E-state index is -1.87. The largest absolute Gasteiger partial charge is 0.339 e. The third-order valence-corrected chi connectivity index (χ3v) is 4.53. The second kappa shape index (κ2) is 9.31. The lowest BCUT2D eigenvalue weighted by atomic mass is 10.2. The van der Waals surface area contributed by atoms with Crippen molar-refractivity contribution in [3.05, 3.63) is 64.1 Å². The summed E-state index contributed by atoms with van der Waals surface area (Å²) in [5.41, 5.74) is 0.874. The molecule has 1 atom stereocenters. The third kappa shape index (κ3) is 6.34. The van der Waals surface area contributed by atoms with E-state index in [1.807, 2.05) is 0 Å². The number of benzene rings is 2. The molecule has 2 aromatic rings. The van der Waals surface area contributed by atoms with Crippen molar-refractivity contribution in [2.75, 3.05) is 5.32 Å². The molecule has 0 fully saturated rings. The maximum Gasteiger partial charge on any atom is 0.253 e. The standard InChI is InChI=1S/C16H12Cl5N3OS/c17-10-5-3-4-9(8-10)13(25)23-14(16(19,20)21)24-15(26)22-12-7-2-1-6-11(12)18/h1-8,14H,(H,23,25)(H2,22,24,26)/t14-/m1/s1. The molecule has 4 nitrogen and oxygen atoms in total. The van der Waals surface area contributed by atoms with Crippen molar-refractivity contribution in [2.24, 2.45) is 0 Å². The van der Waals surface area contributed by atoms with Crippen LogP contribution in [0.1, 0.15) is 10.4 Å². The average molecular weight is 472 g/mol. The summed E-state index contributed by atoms with van der Waals surface area (Å²) < 4.78 is -1.87. The SMILES string of the molecule is O=C(N[C@H](NC(=S)Nc1ccccc1Cl)C(Cl)(Cl)Cl)c1cccc(Cl)c1. The highest BCUT2D eigenvalue weighted by molar-refractivity contribution is 7.80. The van der Waals surface area contributed by atoms with Crippen molar-refractivity contribution in [3.63, 3.8) is 0 Å². The lowest BCUT2D eigenvalue weighted by molar-refractivity contribution is 0.0934. The molecule has 1 amide bonds. The zero-order valence-electron chi connectivity index (χ0n) is 12.9. The highest BCUT2D eigenvalue weighted by Crippen LogP contribution is 2.29. The fraction of sp³-hybridized carbons (Fsp3) is 0.125. The van der Waals surface area contributed by atoms with Crippen LogP contribution in [-0.4, -0.2) is 21.0 Å². The Balaban J connectivity index is 2.09. The minimum Gasteiger partial charge on any atom is -0.339 e. The van der Waals surface area contributed by atoms with Gasteiger partial charge < -0.3 is 16.0 Å². The van der Waals surface area contributed by atoms with Crippen LogP contribution in [0.3, 0.4) is 0 Å². The predicted molar refractivity (Wildman–Crippen MR) is 114 cm³/mol. The number of nitrogens with one attached hydrogen (secondary N) is 3. The molecule has 0 aliphatic carbocycles. The van der Waals surface area contributed by atoms with Crippen LogP contribution in [0.5, 0.6) is 0 Å². The predicted octanol–water partition coefficient (Wildman–Crippen LogP) is 5.41. The molecular weight excluding hydrogens is 460 g/mol. The second-order valence-electron chi connectivity index (χ2n) is 5.04. The molecule has 0 aromatic heterocycles. The van der Waals surface area contributed by atoms with Crippen LogP contribution in [0, 0.1) is 0 Å². The molecule has 0 aliphatic rings. The topological polar surface area (TPSA) is 53.2 Å².